The molecule has 3 rings (SSSR count). The Hall–Kier alpha value is -3.13. The van der Waals surface area contributed by atoms with Crippen molar-refractivity contribution >= 4 is 27.3 Å². The van der Waals surface area contributed by atoms with Crippen LogP contribution < -0.4 is 10.0 Å². The fourth-order valence-corrected chi connectivity index (χ4v) is 3.52. The topological polar surface area (TPSA) is 93.1 Å². The third-order valence-corrected chi connectivity index (χ3v) is 4.92. The standard InChI is InChI=1S/C20H22N4O3S/c1-13-10-11-16(12-18(13)23-28(4,26)27)20(25)21-19-14(2)22-24(15(19)3)17-8-6-5-7-9-17/h5-12,23H,1-4H3,(H,21,25). The lowest BCUT2D eigenvalue weighted by Gasteiger charge is -2.11. The number of aromatic nitrogens is 2. The number of rotatable bonds is 5. The van der Waals surface area contributed by atoms with Crippen LogP contribution in [0.25, 0.3) is 5.69 Å². The number of para-hydroxylation sites is 1. The Morgan fingerprint density at radius 1 is 1.04 bits per heavy atom. The van der Waals surface area contributed by atoms with Crippen LogP contribution in [0.5, 0.6) is 0 Å². The Bertz CT molecular complexity index is 1140. The van der Waals surface area contributed by atoms with Gasteiger partial charge in [-0.25, -0.2) is 13.1 Å². The number of anilines is 2. The Morgan fingerprint density at radius 3 is 2.36 bits per heavy atom. The summed E-state index contributed by atoms with van der Waals surface area (Å²) in [5.74, 6) is -0.338. The van der Waals surface area contributed by atoms with Crippen molar-refractivity contribution in [2.45, 2.75) is 20.8 Å². The summed E-state index contributed by atoms with van der Waals surface area (Å²) in [5.41, 5.74) is 4.48. The summed E-state index contributed by atoms with van der Waals surface area (Å²) in [6.07, 6.45) is 1.07. The van der Waals surface area contributed by atoms with Gasteiger partial charge in [-0.05, 0) is 50.6 Å². The average molecular weight is 398 g/mol. The second kappa shape index (κ2) is 7.47. The van der Waals surface area contributed by atoms with E-state index in [-0.39, 0.29) is 5.91 Å². The van der Waals surface area contributed by atoms with Crippen molar-refractivity contribution in [1.29, 1.82) is 0 Å². The normalized spacial score (nSPS) is 11.3. The number of sulfonamides is 1. The summed E-state index contributed by atoms with van der Waals surface area (Å²) in [7, 11) is -3.44. The van der Waals surface area contributed by atoms with Gasteiger partial charge in [-0.1, -0.05) is 24.3 Å². The first-order valence-corrected chi connectivity index (χ1v) is 10.6. The highest BCUT2D eigenvalue weighted by molar-refractivity contribution is 7.92. The number of hydrogen-bond donors (Lipinski definition) is 2. The van der Waals surface area contributed by atoms with Crippen LogP contribution in [-0.2, 0) is 10.0 Å². The van der Waals surface area contributed by atoms with Crippen LogP contribution in [0.15, 0.2) is 48.5 Å². The molecular weight excluding hydrogens is 376 g/mol. The van der Waals surface area contributed by atoms with Gasteiger partial charge in [-0.2, -0.15) is 5.10 Å². The van der Waals surface area contributed by atoms with Crippen molar-refractivity contribution in [3.05, 3.63) is 71.0 Å². The zero-order valence-corrected chi connectivity index (χ0v) is 17.0. The Kier molecular flexibility index (Phi) is 5.24. The van der Waals surface area contributed by atoms with Crippen LogP contribution in [-0.4, -0.2) is 30.4 Å². The summed E-state index contributed by atoms with van der Waals surface area (Å²) in [6, 6.07) is 14.5. The molecule has 0 aliphatic carbocycles. The summed E-state index contributed by atoms with van der Waals surface area (Å²) < 4.78 is 27.3. The van der Waals surface area contributed by atoms with Crippen LogP contribution >= 0.6 is 0 Å². The third-order valence-electron chi connectivity index (χ3n) is 4.33. The minimum atomic E-state index is -3.44. The van der Waals surface area contributed by atoms with Gasteiger partial charge >= 0.3 is 0 Å². The Labute approximate surface area is 164 Å². The predicted molar refractivity (Wildman–Crippen MR) is 111 cm³/mol. The number of nitrogens with one attached hydrogen (secondary N) is 2. The number of aryl methyl sites for hydroxylation is 2. The molecule has 1 heterocycles. The Morgan fingerprint density at radius 2 is 1.71 bits per heavy atom. The number of carbonyl (C=O) groups excluding carboxylic acids is 1. The van der Waals surface area contributed by atoms with Gasteiger partial charge in [0.05, 0.1) is 34.7 Å². The van der Waals surface area contributed by atoms with E-state index in [1.54, 1.807) is 23.7 Å². The lowest BCUT2D eigenvalue weighted by atomic mass is 10.1. The van der Waals surface area contributed by atoms with Gasteiger partial charge in [0.1, 0.15) is 0 Å². The molecule has 3 aromatic rings. The SMILES string of the molecule is Cc1ccc(C(=O)Nc2c(C)nn(-c3ccccc3)c2C)cc1NS(C)(=O)=O. The summed E-state index contributed by atoms with van der Waals surface area (Å²) in [6.45, 7) is 5.48. The molecular formula is C20H22N4O3S. The van der Waals surface area contributed by atoms with E-state index in [2.05, 4.69) is 15.1 Å². The first kappa shape index (κ1) is 19.6. The van der Waals surface area contributed by atoms with E-state index in [1.807, 2.05) is 44.2 Å². The molecule has 1 amide bonds. The molecule has 7 nitrogen and oxygen atoms in total. The van der Waals surface area contributed by atoms with Crippen LogP contribution in [0.3, 0.4) is 0 Å². The van der Waals surface area contributed by atoms with Crippen molar-refractivity contribution in [3.8, 4) is 5.69 Å². The molecule has 2 N–H and O–H groups in total. The van der Waals surface area contributed by atoms with Crippen molar-refractivity contribution in [2.75, 3.05) is 16.3 Å². The number of carbonyl (C=O) groups is 1. The lowest BCUT2D eigenvalue weighted by Crippen LogP contribution is -2.15. The second-order valence-corrected chi connectivity index (χ2v) is 8.40. The summed E-state index contributed by atoms with van der Waals surface area (Å²) in [4.78, 5) is 12.8. The number of nitrogens with zero attached hydrogens (tertiary/aromatic N) is 2. The molecule has 8 heteroatoms. The highest BCUT2D eigenvalue weighted by Gasteiger charge is 2.17. The molecule has 0 spiro atoms. The van der Waals surface area contributed by atoms with Gasteiger partial charge in [0.25, 0.3) is 5.91 Å². The van der Waals surface area contributed by atoms with Gasteiger partial charge in [0.15, 0.2) is 0 Å². The van der Waals surface area contributed by atoms with Crippen LogP contribution in [0.1, 0.15) is 27.3 Å². The van der Waals surface area contributed by atoms with Gasteiger partial charge in [0.2, 0.25) is 10.0 Å². The van der Waals surface area contributed by atoms with Crippen LogP contribution in [0.4, 0.5) is 11.4 Å². The minimum Gasteiger partial charge on any atom is -0.319 e. The number of benzene rings is 2. The van der Waals surface area contributed by atoms with Gasteiger partial charge in [0, 0.05) is 5.56 Å². The molecule has 2 aromatic carbocycles. The molecule has 0 unspecified atom stereocenters. The number of amides is 1. The van der Waals surface area contributed by atoms with Gasteiger partial charge in [-0.3, -0.25) is 9.52 Å². The molecule has 146 valence electrons. The van der Waals surface area contributed by atoms with Crippen molar-refractivity contribution in [3.63, 3.8) is 0 Å². The second-order valence-electron chi connectivity index (χ2n) is 6.65. The average Bonchev–Trinajstić information content (AvgIpc) is 2.91. The largest absolute Gasteiger partial charge is 0.319 e. The molecule has 1 aromatic heterocycles. The number of hydrogen-bond acceptors (Lipinski definition) is 4. The van der Waals surface area contributed by atoms with Crippen molar-refractivity contribution in [2.24, 2.45) is 0 Å². The smallest absolute Gasteiger partial charge is 0.255 e. The van der Waals surface area contributed by atoms with E-state index >= 15 is 0 Å². The monoisotopic (exact) mass is 398 g/mol. The molecule has 28 heavy (non-hydrogen) atoms. The quantitative estimate of drug-likeness (QED) is 0.689. The maximum atomic E-state index is 12.8. The van der Waals surface area contributed by atoms with E-state index in [4.69, 9.17) is 0 Å². The molecule has 0 aliphatic rings. The zero-order chi connectivity index (χ0) is 20.5. The first-order valence-electron chi connectivity index (χ1n) is 8.67. The van der Waals surface area contributed by atoms with Gasteiger partial charge < -0.3 is 5.32 Å². The molecule has 0 bridgehead atoms. The highest BCUT2D eigenvalue weighted by atomic mass is 32.2. The molecule has 0 atom stereocenters. The van der Waals surface area contributed by atoms with Crippen molar-refractivity contribution < 1.29 is 13.2 Å². The lowest BCUT2D eigenvalue weighted by molar-refractivity contribution is 0.102. The van der Waals surface area contributed by atoms with E-state index in [0.717, 1.165) is 23.2 Å². The molecule has 0 aliphatic heterocycles. The van der Waals surface area contributed by atoms with E-state index in [9.17, 15) is 13.2 Å². The Balaban J connectivity index is 1.90. The summed E-state index contributed by atoms with van der Waals surface area (Å²) in [5, 5.41) is 7.41. The summed E-state index contributed by atoms with van der Waals surface area (Å²) >= 11 is 0. The molecule has 0 radical (unpaired) electrons. The van der Waals surface area contributed by atoms with E-state index in [0.29, 0.717) is 22.6 Å². The van der Waals surface area contributed by atoms with Gasteiger partial charge in [-0.15, -0.1) is 0 Å². The van der Waals surface area contributed by atoms with Crippen LogP contribution in [0, 0.1) is 20.8 Å². The predicted octanol–water partition coefficient (Wildman–Crippen LogP) is 3.42. The maximum absolute atomic E-state index is 12.8. The van der Waals surface area contributed by atoms with Crippen molar-refractivity contribution in [1.82, 2.24) is 9.78 Å². The first-order chi connectivity index (χ1) is 13.2. The minimum absolute atomic E-state index is 0.338. The third kappa shape index (κ3) is 4.23. The van der Waals surface area contributed by atoms with E-state index < -0.39 is 10.0 Å². The fourth-order valence-electron chi connectivity index (χ4n) is 2.90. The zero-order valence-electron chi connectivity index (χ0n) is 16.1. The molecule has 0 saturated heterocycles. The molecule has 0 saturated carbocycles. The fraction of sp³-hybridized carbons (Fsp3) is 0.200. The highest BCUT2D eigenvalue weighted by Crippen LogP contribution is 2.24. The van der Waals surface area contributed by atoms with E-state index in [1.165, 1.54) is 6.07 Å². The van der Waals surface area contributed by atoms with Crippen LogP contribution in [0.2, 0.25) is 0 Å². The molecule has 0 fully saturated rings. The maximum Gasteiger partial charge on any atom is 0.255 e.